The van der Waals surface area contributed by atoms with Crippen molar-refractivity contribution in [3.63, 3.8) is 0 Å². The fourth-order valence-electron chi connectivity index (χ4n) is 4.56. The zero-order valence-electron chi connectivity index (χ0n) is 19.7. The summed E-state index contributed by atoms with van der Waals surface area (Å²) in [6.45, 7) is 3.06. The number of rotatable bonds is 8. The van der Waals surface area contributed by atoms with E-state index in [2.05, 4.69) is 46.2 Å². The first-order valence-electron chi connectivity index (χ1n) is 11.9. The molecule has 6 nitrogen and oxygen atoms in total. The third-order valence-electron chi connectivity index (χ3n) is 6.33. The summed E-state index contributed by atoms with van der Waals surface area (Å²) in [5.41, 5.74) is 7.49. The molecule has 0 bridgehead atoms. The standard InChI is InChI=1S/C29H27N5O/c1-20-19-34(24-10-9-22(17-30)27(16-24)31-12-5-2-6-14-35)29-28(20)25(11-13-32-29)23-15-21-7-3-4-8-26(21)33-18-23/h3-4,7-11,13,15-16,18-19,31,35H,2,5-6,12,14H2,1H3. The molecule has 0 saturated heterocycles. The summed E-state index contributed by atoms with van der Waals surface area (Å²) in [6, 6.07) is 20.4. The average molecular weight is 462 g/mol. The number of nitriles is 1. The number of nitrogens with one attached hydrogen (secondary N) is 1. The Labute approximate surface area is 204 Å². The van der Waals surface area contributed by atoms with Gasteiger partial charge in [-0.1, -0.05) is 18.2 Å². The second kappa shape index (κ2) is 9.96. The van der Waals surface area contributed by atoms with Gasteiger partial charge in [0.1, 0.15) is 11.7 Å². The number of para-hydroxylation sites is 1. The van der Waals surface area contributed by atoms with Crippen LogP contribution >= 0.6 is 0 Å². The van der Waals surface area contributed by atoms with Gasteiger partial charge in [-0.25, -0.2) is 4.98 Å². The first-order valence-corrected chi connectivity index (χ1v) is 11.9. The summed E-state index contributed by atoms with van der Waals surface area (Å²) < 4.78 is 2.08. The van der Waals surface area contributed by atoms with E-state index in [9.17, 15) is 5.26 Å². The van der Waals surface area contributed by atoms with Crippen molar-refractivity contribution in [2.45, 2.75) is 26.2 Å². The maximum Gasteiger partial charge on any atom is 0.145 e. The van der Waals surface area contributed by atoms with Gasteiger partial charge in [0, 0.05) is 53.8 Å². The number of unbranched alkanes of at least 4 members (excludes halogenated alkanes) is 2. The molecule has 0 fully saturated rings. The molecule has 0 atom stereocenters. The fraction of sp³-hybridized carbons (Fsp3) is 0.207. The predicted molar refractivity (Wildman–Crippen MR) is 141 cm³/mol. The average Bonchev–Trinajstić information content (AvgIpc) is 3.24. The normalized spacial score (nSPS) is 11.1. The molecule has 0 aliphatic rings. The van der Waals surface area contributed by atoms with E-state index in [4.69, 9.17) is 10.1 Å². The molecule has 3 heterocycles. The van der Waals surface area contributed by atoms with Crippen LogP contribution in [0.4, 0.5) is 5.69 Å². The highest BCUT2D eigenvalue weighted by atomic mass is 16.2. The molecule has 2 N–H and O–H groups in total. The Balaban J connectivity index is 1.54. The Morgan fingerprint density at radius 3 is 2.77 bits per heavy atom. The van der Waals surface area contributed by atoms with Crippen LogP contribution in [0.25, 0.3) is 38.8 Å². The molecule has 3 aromatic heterocycles. The Morgan fingerprint density at radius 1 is 1.03 bits per heavy atom. The van der Waals surface area contributed by atoms with E-state index in [0.29, 0.717) is 5.56 Å². The van der Waals surface area contributed by atoms with E-state index in [1.807, 2.05) is 54.9 Å². The second-order valence-electron chi connectivity index (χ2n) is 8.71. The van der Waals surface area contributed by atoms with Gasteiger partial charge in [0.2, 0.25) is 0 Å². The molecular formula is C29H27N5O. The van der Waals surface area contributed by atoms with Crippen molar-refractivity contribution in [3.8, 4) is 22.9 Å². The van der Waals surface area contributed by atoms with E-state index in [0.717, 1.165) is 75.8 Å². The second-order valence-corrected chi connectivity index (χ2v) is 8.71. The van der Waals surface area contributed by atoms with Crippen molar-refractivity contribution in [3.05, 3.63) is 84.3 Å². The van der Waals surface area contributed by atoms with Crippen LogP contribution in [0.2, 0.25) is 0 Å². The van der Waals surface area contributed by atoms with E-state index >= 15 is 0 Å². The fourth-order valence-corrected chi connectivity index (χ4v) is 4.56. The molecule has 6 heteroatoms. The minimum atomic E-state index is 0.212. The number of pyridine rings is 2. The maximum absolute atomic E-state index is 9.59. The van der Waals surface area contributed by atoms with Crippen molar-refractivity contribution in [2.24, 2.45) is 0 Å². The molecule has 0 unspecified atom stereocenters. The predicted octanol–water partition coefficient (Wildman–Crippen LogP) is 6.00. The largest absolute Gasteiger partial charge is 0.396 e. The number of aliphatic hydroxyl groups is 1. The SMILES string of the molecule is Cc1cn(-c2ccc(C#N)c(NCCCCCO)c2)c2nccc(-c3cnc4ccccc4c3)c12. The molecular weight excluding hydrogens is 434 g/mol. The van der Waals surface area contributed by atoms with Crippen LogP contribution in [0.3, 0.4) is 0 Å². The summed E-state index contributed by atoms with van der Waals surface area (Å²) in [4.78, 5) is 9.39. The van der Waals surface area contributed by atoms with Crippen LogP contribution in [0.15, 0.2) is 73.2 Å². The van der Waals surface area contributed by atoms with Crippen molar-refractivity contribution < 1.29 is 5.11 Å². The Hall–Kier alpha value is -4.21. The van der Waals surface area contributed by atoms with Gasteiger partial charge in [0.05, 0.1) is 16.8 Å². The van der Waals surface area contributed by atoms with E-state index in [1.165, 1.54) is 0 Å². The topological polar surface area (TPSA) is 86.8 Å². The lowest BCUT2D eigenvalue weighted by Crippen LogP contribution is -2.05. The minimum Gasteiger partial charge on any atom is -0.396 e. The summed E-state index contributed by atoms with van der Waals surface area (Å²) in [6.07, 6.45) is 8.54. The van der Waals surface area contributed by atoms with Gasteiger partial charge in [0.25, 0.3) is 0 Å². The zero-order valence-corrected chi connectivity index (χ0v) is 19.7. The summed E-state index contributed by atoms with van der Waals surface area (Å²) in [5.74, 6) is 0. The summed E-state index contributed by atoms with van der Waals surface area (Å²) in [7, 11) is 0. The smallest absolute Gasteiger partial charge is 0.145 e. The Bertz CT molecular complexity index is 1550. The van der Waals surface area contributed by atoms with Gasteiger partial charge in [-0.3, -0.25) is 4.98 Å². The highest BCUT2D eigenvalue weighted by Crippen LogP contribution is 2.34. The van der Waals surface area contributed by atoms with Gasteiger partial charge in [-0.15, -0.1) is 0 Å². The van der Waals surface area contributed by atoms with Gasteiger partial charge >= 0.3 is 0 Å². The molecule has 2 aromatic carbocycles. The van der Waals surface area contributed by atoms with E-state index in [-0.39, 0.29) is 6.61 Å². The van der Waals surface area contributed by atoms with Crippen molar-refractivity contribution in [1.82, 2.24) is 14.5 Å². The lowest BCUT2D eigenvalue weighted by atomic mass is 10.0. The summed E-state index contributed by atoms with van der Waals surface area (Å²) in [5, 5.41) is 24.2. The Kier molecular flexibility index (Phi) is 6.42. The van der Waals surface area contributed by atoms with Crippen LogP contribution in [0.5, 0.6) is 0 Å². The number of hydrogen-bond donors (Lipinski definition) is 2. The Morgan fingerprint density at radius 2 is 1.91 bits per heavy atom. The maximum atomic E-state index is 9.59. The number of fused-ring (bicyclic) bond motifs is 2. The third-order valence-corrected chi connectivity index (χ3v) is 6.33. The van der Waals surface area contributed by atoms with Crippen molar-refractivity contribution in [1.29, 1.82) is 5.26 Å². The molecule has 0 saturated carbocycles. The molecule has 0 aliphatic heterocycles. The van der Waals surface area contributed by atoms with Gasteiger partial charge in [-0.05, 0) is 73.7 Å². The number of aliphatic hydroxyl groups excluding tert-OH is 1. The first kappa shape index (κ1) is 22.6. The molecule has 0 amide bonds. The minimum absolute atomic E-state index is 0.212. The lowest BCUT2D eigenvalue weighted by molar-refractivity contribution is 0.283. The van der Waals surface area contributed by atoms with Gasteiger partial charge < -0.3 is 15.0 Å². The zero-order chi connectivity index (χ0) is 24.2. The highest BCUT2D eigenvalue weighted by Gasteiger charge is 2.15. The van der Waals surface area contributed by atoms with Crippen LogP contribution in [-0.4, -0.2) is 32.8 Å². The number of anilines is 1. The van der Waals surface area contributed by atoms with E-state index in [1.54, 1.807) is 0 Å². The van der Waals surface area contributed by atoms with Crippen molar-refractivity contribution >= 4 is 27.6 Å². The molecule has 174 valence electrons. The summed E-state index contributed by atoms with van der Waals surface area (Å²) >= 11 is 0. The highest BCUT2D eigenvalue weighted by molar-refractivity contribution is 5.98. The van der Waals surface area contributed by atoms with Crippen LogP contribution in [-0.2, 0) is 0 Å². The molecule has 0 aliphatic carbocycles. The van der Waals surface area contributed by atoms with E-state index < -0.39 is 0 Å². The third kappa shape index (κ3) is 4.46. The monoisotopic (exact) mass is 461 g/mol. The van der Waals surface area contributed by atoms with Crippen molar-refractivity contribution in [2.75, 3.05) is 18.5 Å². The van der Waals surface area contributed by atoms with Gasteiger partial charge in [-0.2, -0.15) is 5.26 Å². The number of benzene rings is 2. The van der Waals surface area contributed by atoms with Gasteiger partial charge in [0.15, 0.2) is 0 Å². The molecule has 5 rings (SSSR count). The molecule has 0 spiro atoms. The van der Waals surface area contributed by atoms with Crippen LogP contribution < -0.4 is 5.32 Å². The molecule has 35 heavy (non-hydrogen) atoms. The van der Waals surface area contributed by atoms with Crippen LogP contribution in [0, 0.1) is 18.3 Å². The number of aryl methyl sites for hydroxylation is 1. The lowest BCUT2D eigenvalue weighted by Gasteiger charge is -2.12. The number of aromatic nitrogens is 3. The number of hydrogen-bond acceptors (Lipinski definition) is 5. The first-order chi connectivity index (χ1) is 17.2. The number of nitrogens with zero attached hydrogens (tertiary/aromatic N) is 4. The quantitative estimate of drug-likeness (QED) is 0.277. The van der Waals surface area contributed by atoms with Crippen LogP contribution in [0.1, 0.15) is 30.4 Å². The molecule has 0 radical (unpaired) electrons. The molecule has 5 aromatic rings.